The van der Waals surface area contributed by atoms with Gasteiger partial charge in [0.05, 0.1) is 0 Å². The van der Waals surface area contributed by atoms with Crippen LogP contribution in [0, 0.1) is 11.3 Å². The van der Waals surface area contributed by atoms with Gasteiger partial charge in [0.25, 0.3) is 0 Å². The number of likely N-dealkylation sites (tertiary alicyclic amines) is 1. The van der Waals surface area contributed by atoms with E-state index in [-0.39, 0.29) is 12.0 Å². The summed E-state index contributed by atoms with van der Waals surface area (Å²) in [6, 6.07) is 5.98. The van der Waals surface area contributed by atoms with E-state index in [2.05, 4.69) is 30.8 Å². The van der Waals surface area contributed by atoms with Gasteiger partial charge in [0.2, 0.25) is 5.95 Å². The topological polar surface area (TPSA) is 65.4 Å². The van der Waals surface area contributed by atoms with E-state index in [0.29, 0.717) is 5.92 Å². The van der Waals surface area contributed by atoms with Gasteiger partial charge >= 0.3 is 0 Å². The van der Waals surface area contributed by atoms with E-state index in [4.69, 9.17) is 0 Å². The Kier molecular flexibility index (Phi) is 4.63. The van der Waals surface area contributed by atoms with Crippen molar-refractivity contribution in [2.75, 3.05) is 37.7 Å². The summed E-state index contributed by atoms with van der Waals surface area (Å²) >= 11 is 0. The number of aliphatic hydroxyl groups is 1. The minimum absolute atomic E-state index is 0.180. The molecule has 1 N–H and O–H groups in total. The van der Waals surface area contributed by atoms with Gasteiger partial charge in [0, 0.05) is 56.9 Å². The fourth-order valence-electron chi connectivity index (χ4n) is 4.36. The van der Waals surface area contributed by atoms with E-state index in [1.807, 2.05) is 24.5 Å². The van der Waals surface area contributed by atoms with Gasteiger partial charge in [-0.1, -0.05) is 6.07 Å². The minimum Gasteiger partial charge on any atom is -0.396 e. The van der Waals surface area contributed by atoms with Crippen molar-refractivity contribution in [2.45, 2.75) is 19.4 Å². The largest absolute Gasteiger partial charge is 0.396 e. The zero-order valence-corrected chi connectivity index (χ0v) is 14.5. The Labute approximate surface area is 148 Å². The van der Waals surface area contributed by atoms with E-state index in [1.165, 1.54) is 5.56 Å². The molecule has 0 radical (unpaired) electrons. The number of pyridine rings is 1. The molecule has 6 nitrogen and oxygen atoms in total. The van der Waals surface area contributed by atoms with Gasteiger partial charge < -0.3 is 10.0 Å². The zero-order chi connectivity index (χ0) is 17.1. The van der Waals surface area contributed by atoms with Crippen molar-refractivity contribution in [2.24, 2.45) is 11.3 Å². The van der Waals surface area contributed by atoms with Gasteiger partial charge in [-0.3, -0.25) is 9.88 Å². The Hall–Kier alpha value is -2.05. The molecule has 4 heterocycles. The lowest BCUT2D eigenvalue weighted by molar-refractivity contribution is 0.0506. The van der Waals surface area contributed by atoms with Crippen molar-refractivity contribution in [3.05, 3.63) is 48.5 Å². The number of rotatable bonds is 4. The second-order valence-corrected chi connectivity index (χ2v) is 7.31. The highest BCUT2D eigenvalue weighted by atomic mass is 16.3. The minimum atomic E-state index is 0.180. The lowest BCUT2D eigenvalue weighted by Crippen LogP contribution is -2.44. The van der Waals surface area contributed by atoms with Gasteiger partial charge in [0.15, 0.2) is 0 Å². The summed E-state index contributed by atoms with van der Waals surface area (Å²) in [5.74, 6) is 1.09. The van der Waals surface area contributed by atoms with Crippen molar-refractivity contribution in [1.82, 2.24) is 19.9 Å². The molecule has 0 aromatic carbocycles. The standard InChI is InChI=1S/C19H25N5O/c25-14-17-13-24(18-21-7-2-8-22-18)15-19(17)4-9-23(10-5-19)12-16-3-1-6-20-11-16/h1-3,6-8,11,17,25H,4-5,9-10,12-15H2. The molecule has 132 valence electrons. The summed E-state index contributed by atoms with van der Waals surface area (Å²) in [6.07, 6.45) is 9.57. The van der Waals surface area contributed by atoms with Gasteiger partial charge in [-0.15, -0.1) is 0 Å². The maximum Gasteiger partial charge on any atom is 0.225 e. The third kappa shape index (κ3) is 3.37. The molecule has 6 heteroatoms. The van der Waals surface area contributed by atoms with E-state index < -0.39 is 0 Å². The van der Waals surface area contributed by atoms with Crippen LogP contribution in [0.2, 0.25) is 0 Å². The number of nitrogens with zero attached hydrogens (tertiary/aromatic N) is 5. The predicted octanol–water partition coefficient (Wildman–Crippen LogP) is 1.58. The van der Waals surface area contributed by atoms with E-state index in [0.717, 1.165) is 51.5 Å². The molecule has 0 bridgehead atoms. The van der Waals surface area contributed by atoms with Crippen LogP contribution in [0.25, 0.3) is 0 Å². The quantitative estimate of drug-likeness (QED) is 0.912. The van der Waals surface area contributed by atoms with Crippen LogP contribution < -0.4 is 4.90 Å². The third-order valence-electron chi connectivity index (χ3n) is 5.85. The second-order valence-electron chi connectivity index (χ2n) is 7.31. The zero-order valence-electron chi connectivity index (χ0n) is 14.5. The lowest BCUT2D eigenvalue weighted by Gasteiger charge is -2.42. The van der Waals surface area contributed by atoms with E-state index in [9.17, 15) is 5.11 Å². The van der Waals surface area contributed by atoms with Crippen LogP contribution in [0.3, 0.4) is 0 Å². The molecule has 2 fully saturated rings. The molecular weight excluding hydrogens is 314 g/mol. The van der Waals surface area contributed by atoms with Crippen molar-refractivity contribution in [3.8, 4) is 0 Å². The van der Waals surface area contributed by atoms with Crippen LogP contribution in [0.4, 0.5) is 5.95 Å². The molecule has 2 aromatic rings. The Morgan fingerprint density at radius 1 is 1.12 bits per heavy atom. The normalized spacial score (nSPS) is 23.2. The lowest BCUT2D eigenvalue weighted by atomic mass is 9.71. The molecule has 2 aromatic heterocycles. The van der Waals surface area contributed by atoms with Gasteiger partial charge in [0.1, 0.15) is 0 Å². The highest BCUT2D eigenvalue weighted by Gasteiger charge is 2.48. The molecule has 1 unspecified atom stereocenters. The fourth-order valence-corrected chi connectivity index (χ4v) is 4.36. The number of hydrogen-bond donors (Lipinski definition) is 1. The molecule has 4 rings (SSSR count). The van der Waals surface area contributed by atoms with Crippen LogP contribution in [0.15, 0.2) is 43.0 Å². The van der Waals surface area contributed by atoms with Crippen LogP contribution >= 0.6 is 0 Å². The highest BCUT2D eigenvalue weighted by molar-refractivity contribution is 5.33. The number of piperidine rings is 1. The van der Waals surface area contributed by atoms with Gasteiger partial charge in [-0.05, 0) is 49.0 Å². The number of anilines is 1. The number of aromatic nitrogens is 3. The van der Waals surface area contributed by atoms with Crippen LogP contribution in [-0.4, -0.2) is 57.7 Å². The first-order chi connectivity index (χ1) is 12.3. The summed E-state index contributed by atoms with van der Waals surface area (Å²) in [5.41, 5.74) is 1.45. The molecule has 25 heavy (non-hydrogen) atoms. The average Bonchev–Trinajstić information content (AvgIpc) is 3.04. The summed E-state index contributed by atoms with van der Waals surface area (Å²) in [5, 5.41) is 9.96. The molecular formula is C19H25N5O. The van der Waals surface area contributed by atoms with Gasteiger partial charge in [-0.25, -0.2) is 9.97 Å². The first-order valence-corrected chi connectivity index (χ1v) is 9.03. The Morgan fingerprint density at radius 3 is 2.60 bits per heavy atom. The molecule has 0 amide bonds. The fraction of sp³-hybridized carbons (Fsp3) is 0.526. The Balaban J connectivity index is 1.42. The Bertz CT molecular complexity index is 673. The predicted molar refractivity (Wildman–Crippen MR) is 96.0 cm³/mol. The monoisotopic (exact) mass is 339 g/mol. The molecule has 2 saturated heterocycles. The van der Waals surface area contributed by atoms with Crippen molar-refractivity contribution in [1.29, 1.82) is 0 Å². The number of hydrogen-bond acceptors (Lipinski definition) is 6. The third-order valence-corrected chi connectivity index (χ3v) is 5.85. The van der Waals surface area contributed by atoms with Crippen molar-refractivity contribution >= 4 is 5.95 Å². The Morgan fingerprint density at radius 2 is 1.92 bits per heavy atom. The smallest absolute Gasteiger partial charge is 0.225 e. The second kappa shape index (κ2) is 7.06. The highest BCUT2D eigenvalue weighted by Crippen LogP contribution is 2.45. The molecule has 2 aliphatic heterocycles. The summed E-state index contributed by atoms with van der Waals surface area (Å²) < 4.78 is 0. The SMILES string of the molecule is OCC1CN(c2ncccn2)CC12CCN(Cc1cccnc1)CC2. The summed E-state index contributed by atoms with van der Waals surface area (Å²) in [4.78, 5) is 17.7. The molecule has 0 saturated carbocycles. The van der Waals surface area contributed by atoms with Gasteiger partial charge in [-0.2, -0.15) is 0 Å². The first-order valence-electron chi connectivity index (χ1n) is 9.03. The summed E-state index contributed by atoms with van der Waals surface area (Å²) in [6.45, 7) is 5.13. The van der Waals surface area contributed by atoms with Crippen molar-refractivity contribution < 1.29 is 5.11 Å². The summed E-state index contributed by atoms with van der Waals surface area (Å²) in [7, 11) is 0. The molecule has 1 atom stereocenters. The van der Waals surface area contributed by atoms with E-state index in [1.54, 1.807) is 12.4 Å². The maximum absolute atomic E-state index is 9.96. The first kappa shape index (κ1) is 16.4. The maximum atomic E-state index is 9.96. The average molecular weight is 339 g/mol. The van der Waals surface area contributed by atoms with E-state index >= 15 is 0 Å². The van der Waals surface area contributed by atoms with Crippen molar-refractivity contribution in [3.63, 3.8) is 0 Å². The van der Waals surface area contributed by atoms with Crippen LogP contribution in [-0.2, 0) is 6.54 Å². The molecule has 0 aliphatic carbocycles. The number of aliphatic hydroxyl groups excluding tert-OH is 1. The molecule has 1 spiro atoms. The van der Waals surface area contributed by atoms with Crippen LogP contribution in [0.5, 0.6) is 0 Å². The van der Waals surface area contributed by atoms with Crippen LogP contribution in [0.1, 0.15) is 18.4 Å². The molecule has 2 aliphatic rings.